The Balaban J connectivity index is 1.88. The number of nitrogens with zero attached hydrogens (tertiary/aromatic N) is 1. The van der Waals surface area contributed by atoms with Crippen LogP contribution in [0.3, 0.4) is 0 Å². The highest BCUT2D eigenvalue weighted by Gasteiger charge is 2.09. The largest absolute Gasteiger partial charge is 0.491 e. The Morgan fingerprint density at radius 3 is 2.76 bits per heavy atom. The number of hydrogen-bond acceptors (Lipinski definition) is 5. The molecule has 3 aromatic rings. The number of ether oxygens (including phenoxy) is 1. The molecule has 2 N–H and O–H groups in total. The van der Waals surface area contributed by atoms with Gasteiger partial charge in [-0.3, -0.25) is 0 Å². The molecule has 0 aliphatic carbocycles. The van der Waals surface area contributed by atoms with Gasteiger partial charge in [-0.05, 0) is 49.9 Å². The third-order valence-corrected chi connectivity index (χ3v) is 3.57. The second kappa shape index (κ2) is 5.69. The number of oxazole rings is 1. The predicted molar refractivity (Wildman–Crippen MR) is 84.8 cm³/mol. The predicted octanol–water partition coefficient (Wildman–Crippen LogP) is 4.35. The molecule has 1 aromatic heterocycles. The number of hydrogen-bond donors (Lipinski definition) is 1. The van der Waals surface area contributed by atoms with Crippen LogP contribution in [0.5, 0.6) is 5.75 Å². The van der Waals surface area contributed by atoms with Gasteiger partial charge in [-0.25, -0.2) is 4.98 Å². The Hall–Kier alpha value is -2.14. The molecule has 0 saturated carbocycles. The molecule has 0 aliphatic rings. The van der Waals surface area contributed by atoms with Gasteiger partial charge in [0.05, 0.1) is 6.10 Å². The number of para-hydroxylation sites is 2. The summed E-state index contributed by atoms with van der Waals surface area (Å²) in [6, 6.07) is 13.3. The van der Waals surface area contributed by atoms with E-state index < -0.39 is 0 Å². The van der Waals surface area contributed by atoms with E-state index in [1.54, 1.807) is 0 Å². The molecular weight excluding hydrogens is 284 g/mol. The van der Waals surface area contributed by atoms with Gasteiger partial charge in [0.1, 0.15) is 11.3 Å². The minimum Gasteiger partial charge on any atom is -0.491 e. The smallest absolute Gasteiger partial charge is 0.261 e. The van der Waals surface area contributed by atoms with E-state index in [1.807, 2.05) is 56.3 Å². The second-order valence-electron chi connectivity index (χ2n) is 4.95. The van der Waals surface area contributed by atoms with Gasteiger partial charge in [-0.2, -0.15) is 0 Å². The highest BCUT2D eigenvalue weighted by atomic mass is 32.2. The van der Waals surface area contributed by atoms with Crippen molar-refractivity contribution < 1.29 is 9.15 Å². The molecule has 0 atom stereocenters. The fraction of sp³-hybridized carbons (Fsp3) is 0.188. The summed E-state index contributed by atoms with van der Waals surface area (Å²) in [6.45, 7) is 3.97. The quantitative estimate of drug-likeness (QED) is 0.726. The Morgan fingerprint density at radius 1 is 1.19 bits per heavy atom. The molecule has 0 radical (unpaired) electrons. The van der Waals surface area contributed by atoms with E-state index in [9.17, 15) is 0 Å². The number of aromatic nitrogens is 1. The molecule has 4 nitrogen and oxygen atoms in total. The summed E-state index contributed by atoms with van der Waals surface area (Å²) in [5, 5.41) is 0.595. The molecule has 0 spiro atoms. The van der Waals surface area contributed by atoms with Crippen LogP contribution in [-0.2, 0) is 0 Å². The Labute approximate surface area is 127 Å². The van der Waals surface area contributed by atoms with Crippen LogP contribution in [0.2, 0.25) is 0 Å². The highest BCUT2D eigenvalue weighted by molar-refractivity contribution is 7.99. The lowest BCUT2D eigenvalue weighted by molar-refractivity contribution is 0.242. The maximum Gasteiger partial charge on any atom is 0.261 e. The Bertz CT molecular complexity index is 735. The minimum atomic E-state index is 0.106. The highest BCUT2D eigenvalue weighted by Crippen LogP contribution is 2.33. The van der Waals surface area contributed by atoms with Crippen LogP contribution in [0.1, 0.15) is 13.8 Å². The standard InChI is InChI=1S/C16H16N2O2S/c1-10(2)19-12-7-11(17)8-13(9-12)21-16-18-14-5-3-4-6-15(14)20-16/h3-10H,17H2,1-2H3. The van der Waals surface area contributed by atoms with Crippen molar-refractivity contribution >= 4 is 28.5 Å². The molecule has 0 amide bonds. The summed E-state index contributed by atoms with van der Waals surface area (Å²) in [6.07, 6.45) is 0.106. The van der Waals surface area contributed by atoms with E-state index in [0.29, 0.717) is 10.9 Å². The normalized spacial score (nSPS) is 11.2. The monoisotopic (exact) mass is 300 g/mol. The van der Waals surface area contributed by atoms with E-state index in [2.05, 4.69) is 4.98 Å². The average Bonchev–Trinajstić information content (AvgIpc) is 2.78. The van der Waals surface area contributed by atoms with Gasteiger partial charge in [0.25, 0.3) is 5.22 Å². The number of fused-ring (bicyclic) bond motifs is 1. The molecule has 0 aliphatic heterocycles. The lowest BCUT2D eigenvalue weighted by atomic mass is 10.3. The van der Waals surface area contributed by atoms with E-state index in [-0.39, 0.29) is 6.10 Å². The van der Waals surface area contributed by atoms with E-state index in [0.717, 1.165) is 21.7 Å². The molecule has 1 heterocycles. The Morgan fingerprint density at radius 2 is 2.00 bits per heavy atom. The molecular formula is C16H16N2O2S. The van der Waals surface area contributed by atoms with E-state index in [1.165, 1.54) is 11.8 Å². The van der Waals surface area contributed by atoms with Gasteiger partial charge in [0.15, 0.2) is 5.58 Å². The summed E-state index contributed by atoms with van der Waals surface area (Å²) < 4.78 is 11.4. The topological polar surface area (TPSA) is 61.3 Å². The maximum atomic E-state index is 5.92. The van der Waals surface area contributed by atoms with Crippen molar-refractivity contribution in [3.05, 3.63) is 42.5 Å². The molecule has 2 aromatic carbocycles. The van der Waals surface area contributed by atoms with Crippen molar-refractivity contribution in [2.45, 2.75) is 30.1 Å². The van der Waals surface area contributed by atoms with Crippen LogP contribution in [0, 0.1) is 0 Å². The molecule has 0 bridgehead atoms. The first-order chi connectivity index (χ1) is 10.1. The van der Waals surface area contributed by atoms with Crippen LogP contribution in [0.25, 0.3) is 11.1 Å². The average molecular weight is 300 g/mol. The summed E-state index contributed by atoms with van der Waals surface area (Å²) >= 11 is 1.43. The summed E-state index contributed by atoms with van der Waals surface area (Å²) in [5.41, 5.74) is 8.21. The molecule has 3 rings (SSSR count). The molecule has 0 saturated heterocycles. The lowest BCUT2D eigenvalue weighted by Crippen LogP contribution is -2.05. The number of benzene rings is 2. The van der Waals surface area contributed by atoms with Gasteiger partial charge < -0.3 is 14.9 Å². The van der Waals surface area contributed by atoms with Crippen LogP contribution < -0.4 is 10.5 Å². The van der Waals surface area contributed by atoms with Gasteiger partial charge in [0.2, 0.25) is 0 Å². The molecule has 108 valence electrons. The number of nitrogen functional groups attached to an aromatic ring is 1. The van der Waals surface area contributed by atoms with Crippen molar-refractivity contribution in [1.82, 2.24) is 4.98 Å². The third-order valence-electron chi connectivity index (χ3n) is 2.75. The minimum absolute atomic E-state index is 0.106. The van der Waals surface area contributed by atoms with E-state index in [4.69, 9.17) is 14.9 Å². The van der Waals surface area contributed by atoms with Crippen LogP contribution in [0.15, 0.2) is 57.0 Å². The number of nitrogens with two attached hydrogens (primary N) is 1. The van der Waals surface area contributed by atoms with Crippen LogP contribution in [0.4, 0.5) is 5.69 Å². The molecule has 5 heteroatoms. The molecule has 0 fully saturated rings. The van der Waals surface area contributed by atoms with Gasteiger partial charge in [-0.1, -0.05) is 12.1 Å². The van der Waals surface area contributed by atoms with E-state index >= 15 is 0 Å². The van der Waals surface area contributed by atoms with Crippen LogP contribution in [-0.4, -0.2) is 11.1 Å². The van der Waals surface area contributed by atoms with Gasteiger partial charge in [-0.15, -0.1) is 0 Å². The van der Waals surface area contributed by atoms with Gasteiger partial charge >= 0.3 is 0 Å². The van der Waals surface area contributed by atoms with Crippen molar-refractivity contribution in [3.8, 4) is 5.75 Å². The number of rotatable bonds is 4. The first kappa shape index (κ1) is 13.8. The van der Waals surface area contributed by atoms with Gasteiger partial charge in [0, 0.05) is 16.6 Å². The fourth-order valence-corrected chi connectivity index (χ4v) is 2.84. The van der Waals surface area contributed by atoms with Crippen molar-refractivity contribution in [2.24, 2.45) is 0 Å². The summed E-state index contributed by atoms with van der Waals surface area (Å²) in [5.74, 6) is 0.753. The zero-order valence-corrected chi connectivity index (χ0v) is 12.7. The fourth-order valence-electron chi connectivity index (χ4n) is 1.99. The van der Waals surface area contributed by atoms with Crippen molar-refractivity contribution in [1.29, 1.82) is 0 Å². The molecule has 21 heavy (non-hydrogen) atoms. The van der Waals surface area contributed by atoms with Crippen molar-refractivity contribution in [3.63, 3.8) is 0 Å². The summed E-state index contributed by atoms with van der Waals surface area (Å²) in [7, 11) is 0. The van der Waals surface area contributed by atoms with Crippen LogP contribution >= 0.6 is 11.8 Å². The lowest BCUT2D eigenvalue weighted by Gasteiger charge is -2.11. The molecule has 0 unspecified atom stereocenters. The second-order valence-corrected chi connectivity index (χ2v) is 5.98. The zero-order valence-electron chi connectivity index (χ0n) is 11.9. The first-order valence-corrected chi connectivity index (χ1v) is 7.52. The maximum absolute atomic E-state index is 5.92. The zero-order chi connectivity index (χ0) is 14.8. The first-order valence-electron chi connectivity index (χ1n) is 6.71. The Kier molecular flexibility index (Phi) is 3.75. The SMILES string of the molecule is CC(C)Oc1cc(N)cc(Sc2nc3ccccc3o2)c1. The summed E-state index contributed by atoms with van der Waals surface area (Å²) in [4.78, 5) is 5.38. The number of anilines is 1. The van der Waals surface area contributed by atoms with Crippen molar-refractivity contribution in [2.75, 3.05) is 5.73 Å². The third kappa shape index (κ3) is 3.31.